The Hall–Kier alpha value is -2.23. The summed E-state index contributed by atoms with van der Waals surface area (Å²) in [7, 11) is 1.52. The summed E-state index contributed by atoms with van der Waals surface area (Å²) in [5.41, 5.74) is 1.64. The summed E-state index contributed by atoms with van der Waals surface area (Å²) in [5.74, 6) is 0.148. The van der Waals surface area contributed by atoms with Gasteiger partial charge in [0.25, 0.3) is 0 Å². The van der Waals surface area contributed by atoms with E-state index >= 15 is 0 Å². The number of halogens is 1. The summed E-state index contributed by atoms with van der Waals surface area (Å²) in [5, 5.41) is 0. The van der Waals surface area contributed by atoms with Gasteiger partial charge in [-0.05, 0) is 29.8 Å². The van der Waals surface area contributed by atoms with Crippen LogP contribution in [0, 0.1) is 5.82 Å². The molecule has 0 bridgehead atoms. The highest BCUT2D eigenvalue weighted by Crippen LogP contribution is 2.26. The Morgan fingerprint density at radius 3 is 2.76 bits per heavy atom. The van der Waals surface area contributed by atoms with Crippen molar-refractivity contribution in [3.63, 3.8) is 0 Å². The maximum absolute atomic E-state index is 13.1. The first-order chi connectivity index (χ1) is 8.24. The van der Waals surface area contributed by atoms with Crippen LogP contribution in [0.25, 0.3) is 11.1 Å². The second kappa shape index (κ2) is 4.74. The molecule has 0 radical (unpaired) electrons. The number of pyridine rings is 1. The number of carbonyl (C=O) groups excluding carboxylic acids is 1. The number of ether oxygens (including phenoxy) is 1. The van der Waals surface area contributed by atoms with Crippen molar-refractivity contribution >= 4 is 6.29 Å². The summed E-state index contributed by atoms with van der Waals surface area (Å²) >= 11 is 0. The number of hydrogen-bond donors (Lipinski definition) is 0. The molecule has 1 heterocycles. The molecule has 0 unspecified atom stereocenters. The zero-order chi connectivity index (χ0) is 12.3. The molecule has 86 valence electrons. The predicted octanol–water partition coefficient (Wildman–Crippen LogP) is 2.71. The van der Waals surface area contributed by atoms with E-state index < -0.39 is 5.82 Å². The largest absolute Gasteiger partial charge is 0.497 e. The van der Waals surface area contributed by atoms with Crippen molar-refractivity contribution in [3.05, 3.63) is 48.0 Å². The second-order valence-corrected chi connectivity index (χ2v) is 3.46. The molecular weight excluding hydrogens is 221 g/mol. The van der Waals surface area contributed by atoms with Gasteiger partial charge in [-0.15, -0.1) is 0 Å². The molecule has 1 aromatic carbocycles. The molecule has 0 saturated carbocycles. The van der Waals surface area contributed by atoms with Gasteiger partial charge in [-0.25, -0.2) is 4.39 Å². The summed E-state index contributed by atoms with van der Waals surface area (Å²) in [6, 6.07) is 6.36. The average molecular weight is 231 g/mol. The van der Waals surface area contributed by atoms with Gasteiger partial charge >= 0.3 is 0 Å². The van der Waals surface area contributed by atoms with Crippen molar-refractivity contribution < 1.29 is 13.9 Å². The van der Waals surface area contributed by atoms with Gasteiger partial charge < -0.3 is 4.74 Å². The fraction of sp³-hybridized carbons (Fsp3) is 0.0769. The SMILES string of the molecule is COc1ccc(-c2cncc(F)c2)c(C=O)c1. The number of nitrogens with zero attached hydrogens (tertiary/aromatic N) is 1. The number of hydrogen-bond acceptors (Lipinski definition) is 3. The molecule has 0 aliphatic heterocycles. The van der Waals surface area contributed by atoms with Crippen molar-refractivity contribution in [2.24, 2.45) is 0 Å². The first-order valence-corrected chi connectivity index (χ1v) is 4.98. The van der Waals surface area contributed by atoms with E-state index in [1.165, 1.54) is 19.4 Å². The van der Waals surface area contributed by atoms with Gasteiger partial charge in [-0.1, -0.05) is 0 Å². The minimum atomic E-state index is -0.435. The summed E-state index contributed by atoms with van der Waals surface area (Å²) in [6.07, 6.45) is 3.34. The third kappa shape index (κ3) is 2.30. The lowest BCUT2D eigenvalue weighted by molar-refractivity contribution is 0.112. The quantitative estimate of drug-likeness (QED) is 0.762. The second-order valence-electron chi connectivity index (χ2n) is 3.46. The van der Waals surface area contributed by atoms with Crippen molar-refractivity contribution in [1.82, 2.24) is 4.98 Å². The van der Waals surface area contributed by atoms with Gasteiger partial charge in [0.1, 0.15) is 11.6 Å². The van der Waals surface area contributed by atoms with E-state index in [4.69, 9.17) is 4.74 Å². The van der Waals surface area contributed by atoms with E-state index in [1.807, 2.05) is 0 Å². The van der Waals surface area contributed by atoms with E-state index in [9.17, 15) is 9.18 Å². The molecular formula is C13H10FNO2. The Kier molecular flexibility index (Phi) is 3.14. The van der Waals surface area contributed by atoms with Gasteiger partial charge in [-0.2, -0.15) is 0 Å². The Balaban J connectivity index is 2.55. The maximum Gasteiger partial charge on any atom is 0.150 e. The van der Waals surface area contributed by atoms with Crippen LogP contribution in [-0.2, 0) is 0 Å². The molecule has 2 rings (SSSR count). The molecule has 17 heavy (non-hydrogen) atoms. The van der Waals surface area contributed by atoms with Crippen LogP contribution in [0.4, 0.5) is 4.39 Å². The predicted molar refractivity (Wildman–Crippen MR) is 61.6 cm³/mol. The fourth-order valence-corrected chi connectivity index (χ4v) is 1.59. The van der Waals surface area contributed by atoms with Crippen LogP contribution >= 0.6 is 0 Å². The molecule has 3 nitrogen and oxygen atoms in total. The lowest BCUT2D eigenvalue weighted by Crippen LogP contribution is -1.91. The standard InChI is InChI=1S/C13H10FNO2/c1-17-12-2-3-13(10(5-12)8-16)9-4-11(14)7-15-6-9/h2-8H,1H3. The number of aldehydes is 1. The molecule has 0 amide bonds. The molecule has 0 N–H and O–H groups in total. The Morgan fingerprint density at radius 2 is 2.12 bits per heavy atom. The first kappa shape index (κ1) is 11.3. The van der Waals surface area contributed by atoms with E-state index in [-0.39, 0.29) is 0 Å². The third-order valence-corrected chi connectivity index (χ3v) is 2.40. The van der Waals surface area contributed by atoms with Crippen LogP contribution in [0.1, 0.15) is 10.4 Å². The smallest absolute Gasteiger partial charge is 0.150 e. The third-order valence-electron chi connectivity index (χ3n) is 2.40. The molecule has 0 saturated heterocycles. The molecule has 4 heteroatoms. The zero-order valence-electron chi connectivity index (χ0n) is 9.18. The Morgan fingerprint density at radius 1 is 1.29 bits per heavy atom. The number of methoxy groups -OCH3 is 1. The van der Waals surface area contributed by atoms with Crippen molar-refractivity contribution in [2.75, 3.05) is 7.11 Å². The summed E-state index contributed by atoms with van der Waals surface area (Å²) in [4.78, 5) is 14.7. The maximum atomic E-state index is 13.1. The van der Waals surface area contributed by atoms with E-state index in [2.05, 4.69) is 4.98 Å². The molecule has 0 fully saturated rings. The highest BCUT2D eigenvalue weighted by atomic mass is 19.1. The van der Waals surface area contributed by atoms with E-state index in [0.717, 1.165) is 6.20 Å². The van der Waals surface area contributed by atoms with Gasteiger partial charge in [0.2, 0.25) is 0 Å². The lowest BCUT2D eigenvalue weighted by atomic mass is 10.0. The van der Waals surface area contributed by atoms with Gasteiger partial charge in [0, 0.05) is 17.3 Å². The highest BCUT2D eigenvalue weighted by molar-refractivity contribution is 5.88. The van der Waals surface area contributed by atoms with Crippen LogP contribution in [0.3, 0.4) is 0 Å². The minimum Gasteiger partial charge on any atom is -0.497 e. The molecule has 0 aliphatic rings. The molecule has 0 spiro atoms. The van der Waals surface area contributed by atoms with Gasteiger partial charge in [0.15, 0.2) is 6.29 Å². The number of rotatable bonds is 3. The molecule has 0 aliphatic carbocycles. The number of carbonyl (C=O) groups is 1. The monoisotopic (exact) mass is 231 g/mol. The van der Waals surface area contributed by atoms with Gasteiger partial charge in [-0.3, -0.25) is 9.78 Å². The topological polar surface area (TPSA) is 39.2 Å². The minimum absolute atomic E-state index is 0.435. The Bertz CT molecular complexity index is 555. The van der Waals surface area contributed by atoms with Crippen molar-refractivity contribution in [1.29, 1.82) is 0 Å². The average Bonchev–Trinajstić information content (AvgIpc) is 2.38. The summed E-state index contributed by atoms with van der Waals surface area (Å²) < 4.78 is 18.1. The van der Waals surface area contributed by atoms with Crippen molar-refractivity contribution in [2.45, 2.75) is 0 Å². The number of benzene rings is 1. The highest BCUT2D eigenvalue weighted by Gasteiger charge is 2.07. The Labute approximate surface area is 97.9 Å². The van der Waals surface area contributed by atoms with Crippen LogP contribution in [0.5, 0.6) is 5.75 Å². The van der Waals surface area contributed by atoms with Crippen LogP contribution < -0.4 is 4.74 Å². The lowest BCUT2D eigenvalue weighted by Gasteiger charge is -2.07. The van der Waals surface area contributed by atoms with Crippen LogP contribution in [-0.4, -0.2) is 18.4 Å². The van der Waals surface area contributed by atoms with Crippen molar-refractivity contribution in [3.8, 4) is 16.9 Å². The van der Waals surface area contributed by atoms with Gasteiger partial charge in [0.05, 0.1) is 13.3 Å². The normalized spacial score (nSPS) is 10.0. The van der Waals surface area contributed by atoms with Crippen LogP contribution in [0.2, 0.25) is 0 Å². The molecule has 2 aromatic rings. The zero-order valence-corrected chi connectivity index (χ0v) is 9.18. The summed E-state index contributed by atoms with van der Waals surface area (Å²) in [6.45, 7) is 0. The fourth-order valence-electron chi connectivity index (χ4n) is 1.59. The molecule has 1 aromatic heterocycles. The van der Waals surface area contributed by atoms with Crippen LogP contribution in [0.15, 0.2) is 36.7 Å². The van der Waals surface area contributed by atoms with E-state index in [1.54, 1.807) is 18.2 Å². The molecule has 0 atom stereocenters. The van der Waals surface area contributed by atoms with E-state index in [0.29, 0.717) is 28.7 Å². The first-order valence-electron chi connectivity index (χ1n) is 4.98. The number of aromatic nitrogens is 1.